The predicted octanol–water partition coefficient (Wildman–Crippen LogP) is 1.84. The van der Waals surface area contributed by atoms with Gasteiger partial charge in [-0.15, -0.1) is 0 Å². The smallest absolute Gasteiger partial charge is 0.228 e. The Morgan fingerprint density at radius 2 is 2.30 bits per heavy atom. The fourth-order valence-corrected chi connectivity index (χ4v) is 2.83. The van der Waals surface area contributed by atoms with E-state index < -0.39 is 0 Å². The van der Waals surface area contributed by atoms with Gasteiger partial charge in [0.15, 0.2) is 10.8 Å². The van der Waals surface area contributed by atoms with Crippen LogP contribution in [-0.2, 0) is 4.79 Å². The second kappa shape index (κ2) is 5.38. The second-order valence-corrected chi connectivity index (χ2v) is 6.43. The monoisotopic (exact) mass is 328 g/mol. The number of carbonyl (C=O) groups is 1. The third-order valence-electron chi connectivity index (χ3n) is 3.83. The van der Waals surface area contributed by atoms with Crippen LogP contribution in [-0.4, -0.2) is 37.8 Å². The van der Waals surface area contributed by atoms with Gasteiger partial charge in [0.2, 0.25) is 11.9 Å². The zero-order chi connectivity index (χ0) is 16.0. The zero-order valence-electron chi connectivity index (χ0n) is 12.7. The summed E-state index contributed by atoms with van der Waals surface area (Å²) in [4.78, 5) is 20.5. The van der Waals surface area contributed by atoms with Crippen LogP contribution < -0.4 is 10.6 Å². The molecule has 118 valence electrons. The molecule has 2 aliphatic rings. The van der Waals surface area contributed by atoms with Gasteiger partial charge in [0.1, 0.15) is 0 Å². The molecule has 3 heterocycles. The summed E-state index contributed by atoms with van der Waals surface area (Å²) >= 11 is 1.49. The molecule has 1 aliphatic carbocycles. The molecule has 23 heavy (non-hydrogen) atoms. The highest BCUT2D eigenvalue weighted by Crippen LogP contribution is 2.27. The van der Waals surface area contributed by atoms with Crippen molar-refractivity contribution in [3.8, 4) is 0 Å². The van der Waals surface area contributed by atoms with Crippen LogP contribution in [0.5, 0.6) is 0 Å². The van der Waals surface area contributed by atoms with Gasteiger partial charge >= 0.3 is 0 Å². The van der Waals surface area contributed by atoms with Crippen LogP contribution in [0.4, 0.5) is 5.95 Å². The van der Waals surface area contributed by atoms with E-state index in [1.54, 1.807) is 10.7 Å². The van der Waals surface area contributed by atoms with Gasteiger partial charge in [0, 0.05) is 17.3 Å². The molecule has 1 aliphatic heterocycles. The summed E-state index contributed by atoms with van der Waals surface area (Å²) in [5, 5.41) is 11.2. The first-order valence-corrected chi connectivity index (χ1v) is 8.62. The molecule has 0 unspecified atom stereocenters. The predicted molar refractivity (Wildman–Crippen MR) is 89.1 cm³/mol. The average molecular weight is 328 g/mol. The van der Waals surface area contributed by atoms with E-state index >= 15 is 0 Å². The van der Waals surface area contributed by atoms with Crippen LogP contribution in [0.1, 0.15) is 24.8 Å². The van der Waals surface area contributed by atoms with E-state index in [-0.39, 0.29) is 5.91 Å². The third kappa shape index (κ3) is 2.70. The van der Waals surface area contributed by atoms with Crippen LogP contribution in [0.3, 0.4) is 0 Å². The molecule has 2 N–H and O–H groups in total. The number of allylic oxidation sites excluding steroid dienone is 1. The Bertz CT molecular complexity index is 851. The topological polar surface area (TPSA) is 84.2 Å². The van der Waals surface area contributed by atoms with Crippen molar-refractivity contribution in [1.29, 1.82) is 0 Å². The lowest BCUT2D eigenvalue weighted by Gasteiger charge is -2.07. The van der Waals surface area contributed by atoms with Crippen LogP contribution in [0.2, 0.25) is 0 Å². The summed E-state index contributed by atoms with van der Waals surface area (Å²) < 4.78 is 1.72. The first-order chi connectivity index (χ1) is 11.1. The minimum absolute atomic E-state index is 0.0340. The SMILES string of the molecule is C=C1NC(=O)C/C1=C\c1cnn2c(NC3CC3)nc(SC)nc12. The summed E-state index contributed by atoms with van der Waals surface area (Å²) in [5.41, 5.74) is 3.09. The Morgan fingerprint density at radius 1 is 1.48 bits per heavy atom. The normalized spacial score (nSPS) is 19.6. The number of carbonyl (C=O) groups excluding carboxylic acids is 1. The van der Waals surface area contributed by atoms with Crippen LogP contribution >= 0.6 is 11.8 Å². The Labute approximate surface area is 137 Å². The first kappa shape index (κ1) is 14.3. The molecule has 1 saturated carbocycles. The lowest BCUT2D eigenvalue weighted by molar-refractivity contribution is -0.118. The summed E-state index contributed by atoms with van der Waals surface area (Å²) in [6.45, 7) is 3.87. The van der Waals surface area contributed by atoms with Crippen molar-refractivity contribution in [2.24, 2.45) is 0 Å². The van der Waals surface area contributed by atoms with E-state index in [0.29, 0.717) is 29.3 Å². The minimum atomic E-state index is -0.0340. The maximum atomic E-state index is 11.5. The van der Waals surface area contributed by atoms with Gasteiger partial charge in [-0.3, -0.25) is 4.79 Å². The minimum Gasteiger partial charge on any atom is -0.351 e. The molecule has 2 aromatic rings. The highest BCUT2D eigenvalue weighted by molar-refractivity contribution is 7.98. The van der Waals surface area contributed by atoms with Crippen molar-refractivity contribution >= 4 is 35.3 Å². The molecule has 2 fully saturated rings. The van der Waals surface area contributed by atoms with E-state index in [4.69, 9.17) is 0 Å². The zero-order valence-corrected chi connectivity index (χ0v) is 13.5. The Morgan fingerprint density at radius 3 is 2.96 bits per heavy atom. The fourth-order valence-electron chi connectivity index (χ4n) is 2.47. The van der Waals surface area contributed by atoms with Crippen molar-refractivity contribution in [3.05, 3.63) is 29.6 Å². The van der Waals surface area contributed by atoms with E-state index in [0.717, 1.165) is 29.6 Å². The van der Waals surface area contributed by atoms with Gasteiger partial charge in [-0.1, -0.05) is 18.3 Å². The number of aromatic nitrogens is 4. The van der Waals surface area contributed by atoms with Gasteiger partial charge < -0.3 is 10.6 Å². The van der Waals surface area contributed by atoms with Crippen molar-refractivity contribution in [3.63, 3.8) is 0 Å². The Hall–Kier alpha value is -2.35. The highest BCUT2D eigenvalue weighted by Gasteiger charge is 2.24. The van der Waals surface area contributed by atoms with Gasteiger partial charge in [0.25, 0.3) is 0 Å². The molecular formula is C15H16N6OS. The Balaban J connectivity index is 1.80. The number of fused-ring (bicyclic) bond motifs is 1. The molecule has 0 radical (unpaired) electrons. The van der Waals surface area contributed by atoms with Crippen molar-refractivity contribution in [2.75, 3.05) is 11.6 Å². The van der Waals surface area contributed by atoms with Gasteiger partial charge in [-0.2, -0.15) is 14.6 Å². The largest absolute Gasteiger partial charge is 0.351 e. The number of nitrogens with one attached hydrogen (secondary N) is 2. The standard InChI is InChI=1S/C15H16N6OS/c1-8-9(6-12(22)17-8)5-10-7-16-21-13(10)19-15(23-2)20-14(21)18-11-3-4-11/h5,7,11H,1,3-4,6H2,2H3,(H,17,22)(H,18,19,20)/b9-5+. The summed E-state index contributed by atoms with van der Waals surface area (Å²) in [6, 6.07) is 0.477. The fraction of sp³-hybridized carbons (Fsp3) is 0.333. The first-order valence-electron chi connectivity index (χ1n) is 7.40. The number of hydrogen-bond donors (Lipinski definition) is 2. The number of thioether (sulfide) groups is 1. The quantitative estimate of drug-likeness (QED) is 0.833. The number of rotatable bonds is 4. The summed E-state index contributed by atoms with van der Waals surface area (Å²) in [7, 11) is 0. The molecule has 0 bridgehead atoms. The molecular weight excluding hydrogens is 312 g/mol. The highest BCUT2D eigenvalue weighted by atomic mass is 32.2. The maximum absolute atomic E-state index is 11.5. The molecule has 7 nitrogen and oxygen atoms in total. The molecule has 2 aromatic heterocycles. The van der Waals surface area contributed by atoms with Gasteiger partial charge in [-0.25, -0.2) is 4.98 Å². The van der Waals surface area contributed by atoms with Crippen LogP contribution in [0, 0.1) is 0 Å². The van der Waals surface area contributed by atoms with Crippen molar-refractivity contribution in [1.82, 2.24) is 24.9 Å². The molecule has 0 aromatic carbocycles. The lowest BCUT2D eigenvalue weighted by Crippen LogP contribution is -2.11. The van der Waals surface area contributed by atoms with E-state index in [1.807, 2.05) is 12.3 Å². The summed E-state index contributed by atoms with van der Waals surface area (Å²) in [6.07, 6.45) is 8.26. The molecule has 4 rings (SSSR count). The molecule has 0 atom stereocenters. The number of nitrogens with zero attached hydrogens (tertiary/aromatic N) is 4. The van der Waals surface area contributed by atoms with Gasteiger partial charge in [-0.05, 0) is 30.7 Å². The number of amides is 1. The maximum Gasteiger partial charge on any atom is 0.228 e. The van der Waals surface area contributed by atoms with Crippen molar-refractivity contribution in [2.45, 2.75) is 30.5 Å². The second-order valence-electron chi connectivity index (χ2n) is 5.66. The van der Waals surface area contributed by atoms with Crippen LogP contribution in [0.25, 0.3) is 11.7 Å². The van der Waals surface area contributed by atoms with Gasteiger partial charge in [0.05, 0.1) is 12.6 Å². The Kier molecular flexibility index (Phi) is 3.33. The number of hydrogen-bond acceptors (Lipinski definition) is 6. The molecule has 1 amide bonds. The lowest BCUT2D eigenvalue weighted by atomic mass is 10.1. The van der Waals surface area contributed by atoms with E-state index in [1.165, 1.54) is 11.8 Å². The van der Waals surface area contributed by atoms with E-state index in [2.05, 4.69) is 32.3 Å². The van der Waals surface area contributed by atoms with E-state index in [9.17, 15) is 4.79 Å². The molecule has 1 saturated heterocycles. The van der Waals surface area contributed by atoms with Crippen LogP contribution in [0.15, 0.2) is 29.2 Å². The molecule has 0 spiro atoms. The molecule has 8 heteroatoms. The summed E-state index contributed by atoms with van der Waals surface area (Å²) in [5.74, 6) is 0.680. The third-order valence-corrected chi connectivity index (χ3v) is 4.37. The number of anilines is 1. The average Bonchev–Trinajstić information content (AvgIpc) is 3.16. The van der Waals surface area contributed by atoms with Crippen molar-refractivity contribution < 1.29 is 4.79 Å².